The molecule has 128 valence electrons. The molecular weight excluding hydrogens is 317 g/mol. The Morgan fingerprint density at radius 2 is 1.79 bits per heavy atom. The summed E-state index contributed by atoms with van der Waals surface area (Å²) >= 11 is 0. The van der Waals surface area contributed by atoms with Crippen LogP contribution < -0.4 is 5.32 Å². The van der Waals surface area contributed by atoms with Crippen molar-refractivity contribution in [2.24, 2.45) is 0 Å². The average molecular weight is 336 g/mol. The van der Waals surface area contributed by atoms with E-state index in [1.165, 1.54) is 12.1 Å². The van der Waals surface area contributed by atoms with Gasteiger partial charge in [0.05, 0.1) is 5.56 Å². The highest BCUT2D eigenvalue weighted by Gasteiger charge is 2.30. The molecule has 0 aliphatic carbocycles. The Balaban J connectivity index is 1.83. The molecule has 2 rings (SSSR count). The van der Waals surface area contributed by atoms with Crippen LogP contribution >= 0.6 is 0 Å². The number of carbonyl (C=O) groups excluding carboxylic acids is 1. The normalized spacial score (nSPS) is 11.5. The maximum Gasteiger partial charge on any atom is 0.416 e. The Morgan fingerprint density at radius 1 is 1.08 bits per heavy atom. The summed E-state index contributed by atoms with van der Waals surface area (Å²) in [5.41, 5.74) is 0.514. The number of rotatable bonds is 6. The van der Waals surface area contributed by atoms with Crippen LogP contribution in [0.3, 0.4) is 0 Å². The van der Waals surface area contributed by atoms with Crippen molar-refractivity contribution in [1.29, 1.82) is 0 Å². The third-order valence-electron chi connectivity index (χ3n) is 3.49. The molecule has 1 N–H and O–H groups in total. The van der Waals surface area contributed by atoms with Crippen molar-refractivity contribution in [2.75, 3.05) is 18.9 Å². The topological polar surface area (TPSA) is 32.3 Å². The molecule has 0 aliphatic heterocycles. The number of nitrogens with one attached hydrogen (secondary N) is 1. The van der Waals surface area contributed by atoms with Gasteiger partial charge in [-0.1, -0.05) is 36.4 Å². The number of alkyl halides is 3. The van der Waals surface area contributed by atoms with E-state index in [9.17, 15) is 18.0 Å². The first-order chi connectivity index (χ1) is 11.3. The van der Waals surface area contributed by atoms with E-state index in [0.717, 1.165) is 17.7 Å². The molecule has 0 fully saturated rings. The number of carbonyl (C=O) groups is 1. The quantitative estimate of drug-likeness (QED) is 0.859. The van der Waals surface area contributed by atoms with Crippen molar-refractivity contribution in [3.63, 3.8) is 0 Å². The molecule has 6 heteroatoms. The van der Waals surface area contributed by atoms with Crippen LogP contribution in [0.15, 0.2) is 54.6 Å². The summed E-state index contributed by atoms with van der Waals surface area (Å²) in [6.07, 6.45) is -4.21. The van der Waals surface area contributed by atoms with E-state index < -0.39 is 11.7 Å². The number of benzene rings is 2. The molecule has 1 amide bonds. The lowest BCUT2D eigenvalue weighted by Gasteiger charge is -2.16. The van der Waals surface area contributed by atoms with Crippen LogP contribution in [-0.2, 0) is 17.5 Å². The maximum atomic E-state index is 12.6. The molecular formula is C18H19F3N2O. The monoisotopic (exact) mass is 336 g/mol. The van der Waals surface area contributed by atoms with Crippen molar-refractivity contribution in [3.05, 3.63) is 65.7 Å². The van der Waals surface area contributed by atoms with E-state index in [-0.39, 0.29) is 18.0 Å². The van der Waals surface area contributed by atoms with Gasteiger partial charge < -0.3 is 10.2 Å². The molecule has 3 nitrogen and oxygen atoms in total. The van der Waals surface area contributed by atoms with Crippen LogP contribution in [-0.4, -0.2) is 24.4 Å². The molecule has 24 heavy (non-hydrogen) atoms. The number of hydrogen-bond acceptors (Lipinski definition) is 2. The van der Waals surface area contributed by atoms with E-state index in [1.54, 1.807) is 0 Å². The lowest BCUT2D eigenvalue weighted by atomic mass is 10.2. The summed E-state index contributed by atoms with van der Waals surface area (Å²) in [7, 11) is 1.89. The minimum absolute atomic E-state index is 0.153. The Bertz CT molecular complexity index is 671. The number of anilines is 1. The average Bonchev–Trinajstić information content (AvgIpc) is 2.53. The summed E-state index contributed by atoms with van der Waals surface area (Å²) in [6, 6.07) is 14.5. The van der Waals surface area contributed by atoms with Gasteiger partial charge in [0.1, 0.15) is 0 Å². The zero-order valence-corrected chi connectivity index (χ0v) is 13.3. The van der Waals surface area contributed by atoms with Crippen molar-refractivity contribution < 1.29 is 18.0 Å². The van der Waals surface area contributed by atoms with Gasteiger partial charge >= 0.3 is 6.18 Å². The second kappa shape index (κ2) is 7.97. The van der Waals surface area contributed by atoms with Crippen LogP contribution in [0.4, 0.5) is 18.9 Å². The van der Waals surface area contributed by atoms with Crippen LogP contribution in [0.25, 0.3) is 0 Å². The molecule has 0 radical (unpaired) electrons. The Kier molecular flexibility index (Phi) is 5.98. The van der Waals surface area contributed by atoms with E-state index in [1.807, 2.05) is 42.3 Å². The fraction of sp³-hybridized carbons (Fsp3) is 0.278. The van der Waals surface area contributed by atoms with Crippen molar-refractivity contribution in [3.8, 4) is 0 Å². The highest BCUT2D eigenvalue weighted by atomic mass is 19.4. The number of nitrogens with zero attached hydrogens (tertiary/aromatic N) is 1. The SMILES string of the molecule is CN(CCC(=O)Nc1cccc(C(F)(F)F)c1)Cc1ccccc1. The van der Waals surface area contributed by atoms with Gasteiger partial charge in [0, 0.05) is 25.2 Å². The first-order valence-corrected chi connectivity index (χ1v) is 7.54. The van der Waals surface area contributed by atoms with Gasteiger partial charge in [-0.05, 0) is 30.8 Å². The smallest absolute Gasteiger partial charge is 0.326 e. The van der Waals surface area contributed by atoms with Gasteiger partial charge in [-0.15, -0.1) is 0 Å². The summed E-state index contributed by atoms with van der Waals surface area (Å²) < 4.78 is 37.9. The van der Waals surface area contributed by atoms with Gasteiger partial charge in [0.25, 0.3) is 0 Å². The van der Waals surface area contributed by atoms with Crippen molar-refractivity contribution in [2.45, 2.75) is 19.1 Å². The van der Waals surface area contributed by atoms with Gasteiger partial charge in [-0.25, -0.2) is 0 Å². The summed E-state index contributed by atoms with van der Waals surface area (Å²) in [6.45, 7) is 1.22. The standard InChI is InChI=1S/C18H19F3N2O/c1-23(13-14-6-3-2-4-7-14)11-10-17(24)22-16-9-5-8-15(12-16)18(19,20)21/h2-9,12H,10-11,13H2,1H3,(H,22,24). The van der Waals surface area contributed by atoms with Crippen LogP contribution in [0.5, 0.6) is 0 Å². The zero-order valence-electron chi connectivity index (χ0n) is 13.3. The molecule has 2 aromatic carbocycles. The fourth-order valence-electron chi connectivity index (χ4n) is 2.26. The Labute approximate surface area is 139 Å². The third-order valence-corrected chi connectivity index (χ3v) is 3.49. The first-order valence-electron chi connectivity index (χ1n) is 7.54. The van der Waals surface area contributed by atoms with Gasteiger partial charge in [0.2, 0.25) is 5.91 Å². The second-order valence-corrected chi connectivity index (χ2v) is 5.60. The van der Waals surface area contributed by atoms with Crippen LogP contribution in [0.2, 0.25) is 0 Å². The third kappa shape index (κ3) is 5.70. The fourth-order valence-corrected chi connectivity index (χ4v) is 2.26. The summed E-state index contributed by atoms with van der Waals surface area (Å²) in [5, 5.41) is 2.51. The number of halogens is 3. The lowest BCUT2D eigenvalue weighted by molar-refractivity contribution is -0.137. The van der Waals surface area contributed by atoms with E-state index in [4.69, 9.17) is 0 Å². The molecule has 0 aromatic heterocycles. The second-order valence-electron chi connectivity index (χ2n) is 5.60. The van der Waals surface area contributed by atoms with E-state index in [2.05, 4.69) is 5.32 Å². The van der Waals surface area contributed by atoms with E-state index in [0.29, 0.717) is 13.1 Å². The molecule has 0 unspecified atom stereocenters. The summed E-state index contributed by atoms with van der Waals surface area (Å²) in [4.78, 5) is 13.9. The first kappa shape index (κ1) is 18.0. The molecule has 0 saturated heterocycles. The largest absolute Gasteiger partial charge is 0.416 e. The summed E-state index contributed by atoms with van der Waals surface area (Å²) in [5.74, 6) is -0.311. The molecule has 0 spiro atoms. The molecule has 0 saturated carbocycles. The highest BCUT2D eigenvalue weighted by Crippen LogP contribution is 2.30. The van der Waals surface area contributed by atoms with Crippen molar-refractivity contribution in [1.82, 2.24) is 4.90 Å². The van der Waals surface area contributed by atoms with Gasteiger partial charge in [-0.3, -0.25) is 4.79 Å². The number of amides is 1. The molecule has 0 bridgehead atoms. The van der Waals surface area contributed by atoms with E-state index >= 15 is 0 Å². The van der Waals surface area contributed by atoms with Crippen LogP contribution in [0.1, 0.15) is 17.5 Å². The number of hydrogen-bond donors (Lipinski definition) is 1. The Morgan fingerprint density at radius 3 is 2.46 bits per heavy atom. The zero-order chi connectivity index (χ0) is 17.6. The Hall–Kier alpha value is -2.34. The highest BCUT2D eigenvalue weighted by molar-refractivity contribution is 5.90. The molecule has 0 heterocycles. The molecule has 0 aliphatic rings. The maximum absolute atomic E-state index is 12.6. The van der Waals surface area contributed by atoms with Crippen LogP contribution in [0, 0.1) is 0 Å². The molecule has 0 atom stereocenters. The minimum Gasteiger partial charge on any atom is -0.326 e. The molecule has 2 aromatic rings. The predicted octanol–water partition coefficient (Wildman–Crippen LogP) is 4.17. The van der Waals surface area contributed by atoms with Gasteiger partial charge in [-0.2, -0.15) is 13.2 Å². The lowest BCUT2D eigenvalue weighted by Crippen LogP contribution is -2.24. The van der Waals surface area contributed by atoms with Crippen molar-refractivity contribution >= 4 is 11.6 Å². The predicted molar refractivity (Wildman–Crippen MR) is 87.5 cm³/mol. The minimum atomic E-state index is -4.42. The van der Waals surface area contributed by atoms with Gasteiger partial charge in [0.15, 0.2) is 0 Å².